The molecule has 1 fully saturated rings. The van der Waals surface area contributed by atoms with Crippen molar-refractivity contribution in [2.24, 2.45) is 0 Å². The van der Waals surface area contributed by atoms with E-state index >= 15 is 0 Å². The number of alkyl carbamates (subject to hydrolysis) is 1. The van der Waals surface area contributed by atoms with Gasteiger partial charge in [0.2, 0.25) is 0 Å². The maximum absolute atomic E-state index is 11.3. The van der Waals surface area contributed by atoms with Crippen molar-refractivity contribution < 1.29 is 9.53 Å². The molecule has 1 aliphatic rings. The van der Waals surface area contributed by atoms with E-state index in [1.54, 1.807) is 0 Å². The monoisotopic (exact) mass is 311 g/mol. The molecule has 0 radical (unpaired) electrons. The quantitative estimate of drug-likeness (QED) is 0.631. The molecule has 0 aliphatic carbocycles. The molecule has 1 atom stereocenters. The summed E-state index contributed by atoms with van der Waals surface area (Å²) in [4.78, 5) is 22.4. The Balaban J connectivity index is 2.08. The zero-order valence-electron chi connectivity index (χ0n) is 12.5. The van der Waals surface area contributed by atoms with E-state index in [0.29, 0.717) is 0 Å². The fourth-order valence-electron chi connectivity index (χ4n) is 2.25. The van der Waals surface area contributed by atoms with Gasteiger partial charge in [0.25, 0.3) is 0 Å². The number of hydrogen-bond donors (Lipinski definition) is 2. The second-order valence-corrected chi connectivity index (χ2v) is 5.47. The number of thioether (sulfide) groups is 1. The van der Waals surface area contributed by atoms with Gasteiger partial charge >= 0.3 is 6.09 Å². The van der Waals surface area contributed by atoms with Crippen LogP contribution in [0.4, 0.5) is 16.4 Å². The largest absolute Gasteiger partial charge is 0.453 e. The highest BCUT2D eigenvalue weighted by molar-refractivity contribution is 7.98. The number of anilines is 2. The second kappa shape index (κ2) is 7.35. The Hall–Kier alpha value is -1.70. The topological polar surface area (TPSA) is 79.4 Å². The molecule has 1 unspecified atom stereocenters. The van der Waals surface area contributed by atoms with E-state index in [1.165, 1.54) is 18.9 Å². The first-order chi connectivity index (χ1) is 10.2. The highest BCUT2D eigenvalue weighted by atomic mass is 32.2. The minimum Gasteiger partial charge on any atom is -0.453 e. The lowest BCUT2D eigenvalue weighted by molar-refractivity contribution is 0.167. The Morgan fingerprint density at radius 3 is 3.05 bits per heavy atom. The lowest BCUT2D eigenvalue weighted by Crippen LogP contribution is -2.37. The maximum Gasteiger partial charge on any atom is 0.407 e. The molecule has 2 N–H and O–H groups in total. The average molecular weight is 311 g/mol. The lowest BCUT2D eigenvalue weighted by Gasteiger charge is -2.19. The highest BCUT2D eigenvalue weighted by Gasteiger charge is 2.25. The number of carbonyl (C=O) groups is 1. The van der Waals surface area contributed by atoms with Crippen LogP contribution in [0.5, 0.6) is 0 Å². The van der Waals surface area contributed by atoms with Crippen molar-refractivity contribution in [2.75, 3.05) is 43.2 Å². The Labute approximate surface area is 128 Å². The molecule has 7 nitrogen and oxygen atoms in total. The number of ether oxygens (including phenoxy) is 1. The molecule has 0 aromatic carbocycles. The van der Waals surface area contributed by atoms with Crippen molar-refractivity contribution in [1.29, 1.82) is 0 Å². The van der Waals surface area contributed by atoms with Crippen molar-refractivity contribution in [2.45, 2.75) is 24.5 Å². The van der Waals surface area contributed by atoms with E-state index in [0.717, 1.165) is 42.8 Å². The van der Waals surface area contributed by atoms with Gasteiger partial charge in [-0.3, -0.25) is 0 Å². The minimum absolute atomic E-state index is 0.0905. The predicted octanol–water partition coefficient (Wildman–Crippen LogP) is 1.56. The van der Waals surface area contributed by atoms with Crippen LogP contribution in [0, 0.1) is 0 Å². The van der Waals surface area contributed by atoms with Crippen LogP contribution in [0.1, 0.15) is 13.3 Å². The molecular formula is C13H21N5O2S. The Bertz CT molecular complexity index is 499. The number of nitrogens with one attached hydrogen (secondary N) is 2. The number of hydrogen-bond acceptors (Lipinski definition) is 7. The van der Waals surface area contributed by atoms with Crippen LogP contribution in [0.3, 0.4) is 0 Å². The van der Waals surface area contributed by atoms with Crippen LogP contribution in [0.25, 0.3) is 0 Å². The summed E-state index contributed by atoms with van der Waals surface area (Å²) in [6.07, 6.45) is 2.45. The lowest BCUT2D eigenvalue weighted by atomic mass is 10.3. The summed E-state index contributed by atoms with van der Waals surface area (Å²) in [6, 6.07) is 2.04. The van der Waals surface area contributed by atoms with Crippen LogP contribution in [0.2, 0.25) is 0 Å². The van der Waals surface area contributed by atoms with E-state index < -0.39 is 0 Å². The average Bonchev–Trinajstić information content (AvgIpc) is 2.95. The predicted molar refractivity (Wildman–Crippen MR) is 84.1 cm³/mol. The molecule has 2 heterocycles. The van der Waals surface area contributed by atoms with Gasteiger partial charge in [-0.05, 0) is 19.6 Å². The number of aromatic nitrogens is 2. The molecule has 1 aliphatic heterocycles. The van der Waals surface area contributed by atoms with E-state index in [9.17, 15) is 4.79 Å². The molecule has 21 heavy (non-hydrogen) atoms. The van der Waals surface area contributed by atoms with Crippen LogP contribution < -0.4 is 15.5 Å². The van der Waals surface area contributed by atoms with Crippen molar-refractivity contribution >= 4 is 29.5 Å². The normalized spacial score (nSPS) is 17.7. The number of carbonyl (C=O) groups excluding carboxylic acids is 1. The van der Waals surface area contributed by atoms with E-state index in [-0.39, 0.29) is 12.1 Å². The molecule has 2 rings (SSSR count). The first-order valence-corrected chi connectivity index (χ1v) is 8.15. The Kier molecular flexibility index (Phi) is 5.49. The first kappa shape index (κ1) is 15.7. The SMILES string of the molecule is CCNc1cc(N2CCC(NC(=O)OC)C2)nc(SC)n1. The second-order valence-electron chi connectivity index (χ2n) is 4.70. The van der Waals surface area contributed by atoms with Gasteiger partial charge in [-0.1, -0.05) is 11.8 Å². The molecule has 1 aromatic rings. The third kappa shape index (κ3) is 4.13. The van der Waals surface area contributed by atoms with E-state index in [4.69, 9.17) is 0 Å². The first-order valence-electron chi connectivity index (χ1n) is 6.92. The number of amides is 1. The third-order valence-electron chi connectivity index (χ3n) is 3.25. The van der Waals surface area contributed by atoms with Gasteiger partial charge in [0, 0.05) is 25.7 Å². The molecule has 116 valence electrons. The van der Waals surface area contributed by atoms with Gasteiger partial charge in [0.05, 0.1) is 13.2 Å². The summed E-state index contributed by atoms with van der Waals surface area (Å²) in [5, 5.41) is 6.79. The standard InChI is InChI=1S/C13H21N5O2S/c1-4-14-10-7-11(17-12(16-10)21-3)18-6-5-9(8-18)15-13(19)20-2/h7,9H,4-6,8H2,1-3H3,(H,15,19)(H,14,16,17). The third-order valence-corrected chi connectivity index (χ3v) is 3.80. The van der Waals surface area contributed by atoms with E-state index in [1.807, 2.05) is 19.2 Å². The summed E-state index contributed by atoms with van der Waals surface area (Å²) in [7, 11) is 1.37. The van der Waals surface area contributed by atoms with Gasteiger partial charge in [-0.2, -0.15) is 0 Å². The fraction of sp³-hybridized carbons (Fsp3) is 0.615. The smallest absolute Gasteiger partial charge is 0.407 e. The zero-order chi connectivity index (χ0) is 15.2. The van der Waals surface area contributed by atoms with Crippen molar-refractivity contribution in [3.63, 3.8) is 0 Å². The van der Waals surface area contributed by atoms with Crippen LogP contribution in [0.15, 0.2) is 11.2 Å². The number of methoxy groups -OCH3 is 1. The zero-order valence-corrected chi connectivity index (χ0v) is 13.4. The highest BCUT2D eigenvalue weighted by Crippen LogP contribution is 2.23. The van der Waals surface area contributed by atoms with Crippen LogP contribution >= 0.6 is 11.8 Å². The van der Waals surface area contributed by atoms with Crippen molar-refractivity contribution in [3.8, 4) is 0 Å². The minimum atomic E-state index is -0.386. The summed E-state index contributed by atoms with van der Waals surface area (Å²) in [6.45, 7) is 4.43. The molecule has 0 spiro atoms. The Morgan fingerprint density at radius 1 is 1.57 bits per heavy atom. The molecule has 0 saturated carbocycles. The molecule has 1 aromatic heterocycles. The maximum atomic E-state index is 11.3. The molecular weight excluding hydrogens is 290 g/mol. The molecule has 1 saturated heterocycles. The molecule has 8 heteroatoms. The van der Waals surface area contributed by atoms with Gasteiger partial charge in [0.15, 0.2) is 5.16 Å². The summed E-state index contributed by atoms with van der Waals surface area (Å²) in [5.41, 5.74) is 0. The summed E-state index contributed by atoms with van der Waals surface area (Å²) in [5.74, 6) is 1.72. The fourth-order valence-corrected chi connectivity index (χ4v) is 2.62. The number of rotatable bonds is 5. The van der Waals surface area contributed by atoms with Crippen molar-refractivity contribution in [3.05, 3.63) is 6.07 Å². The number of nitrogens with zero attached hydrogens (tertiary/aromatic N) is 3. The van der Waals surface area contributed by atoms with Crippen LogP contribution in [-0.4, -0.2) is 55.1 Å². The van der Waals surface area contributed by atoms with Gasteiger partial charge in [-0.25, -0.2) is 14.8 Å². The van der Waals surface area contributed by atoms with E-state index in [2.05, 4.69) is 30.2 Å². The summed E-state index contributed by atoms with van der Waals surface area (Å²) >= 11 is 1.52. The van der Waals surface area contributed by atoms with Crippen LogP contribution in [-0.2, 0) is 4.74 Å². The van der Waals surface area contributed by atoms with Gasteiger partial charge in [-0.15, -0.1) is 0 Å². The van der Waals surface area contributed by atoms with Gasteiger partial charge in [0.1, 0.15) is 11.6 Å². The van der Waals surface area contributed by atoms with Gasteiger partial charge < -0.3 is 20.3 Å². The van der Waals surface area contributed by atoms with Crippen molar-refractivity contribution in [1.82, 2.24) is 15.3 Å². The Morgan fingerprint density at radius 2 is 2.38 bits per heavy atom. The molecule has 0 bridgehead atoms. The molecule has 1 amide bonds. The summed E-state index contributed by atoms with van der Waals surface area (Å²) < 4.78 is 4.63.